The topological polar surface area (TPSA) is 237 Å². The van der Waals surface area contributed by atoms with Gasteiger partial charge in [0.1, 0.15) is 19.3 Å². The molecule has 99 heavy (non-hydrogen) atoms. The summed E-state index contributed by atoms with van der Waals surface area (Å²) in [5.74, 6) is 1.02. The number of ether oxygens (including phenoxy) is 4. The van der Waals surface area contributed by atoms with Crippen molar-refractivity contribution in [2.24, 2.45) is 23.7 Å². The second-order valence-corrected chi connectivity index (χ2v) is 33.1. The van der Waals surface area contributed by atoms with E-state index in [0.29, 0.717) is 25.7 Å². The molecule has 0 spiro atoms. The van der Waals surface area contributed by atoms with E-state index in [-0.39, 0.29) is 25.7 Å². The van der Waals surface area contributed by atoms with E-state index >= 15 is 0 Å². The molecule has 0 saturated heterocycles. The zero-order valence-electron chi connectivity index (χ0n) is 65.1. The number of hydrogen-bond donors (Lipinski definition) is 3. The molecule has 0 aliphatic rings. The summed E-state index contributed by atoms with van der Waals surface area (Å²) in [5.41, 5.74) is 0. The molecule has 0 aliphatic heterocycles. The molecule has 0 amide bonds. The van der Waals surface area contributed by atoms with E-state index in [9.17, 15) is 43.2 Å². The molecular formula is C80H156O17P2. The van der Waals surface area contributed by atoms with Crippen LogP contribution in [-0.4, -0.2) is 96.7 Å². The number of carbonyl (C=O) groups is 4. The highest BCUT2D eigenvalue weighted by Gasteiger charge is 2.30. The molecule has 0 rings (SSSR count). The molecule has 7 atom stereocenters. The second kappa shape index (κ2) is 69.1. The average Bonchev–Trinajstić information content (AvgIpc) is 0.940. The molecule has 19 heteroatoms. The summed E-state index contributed by atoms with van der Waals surface area (Å²) in [5, 5.41) is 10.6. The van der Waals surface area contributed by atoms with Crippen LogP contribution in [0.1, 0.15) is 409 Å². The van der Waals surface area contributed by atoms with Crippen molar-refractivity contribution in [2.45, 2.75) is 427 Å². The van der Waals surface area contributed by atoms with E-state index in [4.69, 9.17) is 37.0 Å². The molecule has 0 bridgehead atoms. The minimum absolute atomic E-state index is 0.104. The summed E-state index contributed by atoms with van der Waals surface area (Å²) in [6.45, 7) is 14.3. The van der Waals surface area contributed by atoms with Gasteiger partial charge >= 0.3 is 39.5 Å². The Bertz CT molecular complexity index is 1940. The Hall–Kier alpha value is -1.94. The summed E-state index contributed by atoms with van der Waals surface area (Å²) >= 11 is 0. The molecule has 588 valence electrons. The highest BCUT2D eigenvalue weighted by Crippen LogP contribution is 2.45. The Labute approximate surface area is 607 Å². The maximum atomic E-state index is 13.1. The molecule has 3 N–H and O–H groups in total. The molecule has 0 heterocycles. The SMILES string of the molecule is CCC(C)CCCCCCCCCCCCCCCCCCCCC(=O)OC[C@H](COP(=O)(O)OCC(O)COP(=O)(O)OC[C@@H](COC(=O)CCCCCCCCCCC(C)C)OC(=O)CCCCCCCCCCC(C)CC)OC(=O)CCCCCCCCCCCCCC(C)C. The third-order valence-corrected chi connectivity index (χ3v) is 21.2. The number of phosphoric acid groups is 2. The zero-order valence-corrected chi connectivity index (χ0v) is 66.9. The highest BCUT2D eigenvalue weighted by molar-refractivity contribution is 7.47. The maximum absolute atomic E-state index is 13.1. The Balaban J connectivity index is 5.20. The van der Waals surface area contributed by atoms with Gasteiger partial charge in [-0.05, 0) is 49.4 Å². The van der Waals surface area contributed by atoms with E-state index in [1.54, 1.807) is 0 Å². The Kier molecular flexibility index (Phi) is 67.8. The van der Waals surface area contributed by atoms with Crippen molar-refractivity contribution in [1.29, 1.82) is 0 Å². The molecule has 0 aromatic heterocycles. The molecule has 0 fully saturated rings. The number of rotatable bonds is 77. The van der Waals surface area contributed by atoms with Gasteiger partial charge in [0.25, 0.3) is 0 Å². The maximum Gasteiger partial charge on any atom is 0.472 e. The van der Waals surface area contributed by atoms with Crippen LogP contribution in [-0.2, 0) is 65.4 Å². The predicted octanol–water partition coefficient (Wildman–Crippen LogP) is 23.6. The van der Waals surface area contributed by atoms with Crippen molar-refractivity contribution in [1.82, 2.24) is 0 Å². The van der Waals surface area contributed by atoms with Gasteiger partial charge in [-0.2, -0.15) is 0 Å². The molecule has 0 aromatic rings. The van der Waals surface area contributed by atoms with Crippen molar-refractivity contribution in [3.63, 3.8) is 0 Å². The van der Waals surface area contributed by atoms with Gasteiger partial charge in [-0.25, -0.2) is 9.13 Å². The lowest BCUT2D eigenvalue weighted by Gasteiger charge is -2.21. The lowest BCUT2D eigenvalue weighted by Crippen LogP contribution is -2.30. The van der Waals surface area contributed by atoms with E-state index in [2.05, 4.69) is 55.4 Å². The molecule has 0 aliphatic carbocycles. The van der Waals surface area contributed by atoms with Crippen LogP contribution in [0.15, 0.2) is 0 Å². The summed E-state index contributed by atoms with van der Waals surface area (Å²) in [6.07, 6.45) is 55.6. The Morgan fingerprint density at radius 2 is 0.485 bits per heavy atom. The van der Waals surface area contributed by atoms with Crippen LogP contribution in [0.4, 0.5) is 0 Å². The zero-order chi connectivity index (χ0) is 73.1. The standard InChI is InChI=1S/C80H156O17P2/c1-9-72(7)58-50-42-34-25-21-17-15-13-11-12-14-16-18-22-26-36-44-52-60-77(82)90-66-75(96-79(84)62-54-46-38-27-23-19-20-24-32-40-48-56-70(3)4)68-94-98(86,87)92-64-74(81)65-93-99(88,89)95-69-76(67-91-78(83)61-53-45-37-30-28-33-41-49-57-71(5)6)97-80(85)63-55-47-39-31-29-35-43-51-59-73(8)10-2/h70-76,81H,9-69H2,1-8H3,(H,86,87)(H,88,89)/t72?,73?,74?,75-,76-/m1/s1. The van der Waals surface area contributed by atoms with Crippen molar-refractivity contribution in [3.05, 3.63) is 0 Å². The number of phosphoric ester groups is 2. The van der Waals surface area contributed by atoms with Crippen molar-refractivity contribution in [2.75, 3.05) is 39.6 Å². The van der Waals surface area contributed by atoms with Gasteiger partial charge in [0, 0.05) is 25.7 Å². The van der Waals surface area contributed by atoms with Gasteiger partial charge in [0.2, 0.25) is 0 Å². The summed E-state index contributed by atoms with van der Waals surface area (Å²) in [6, 6.07) is 0. The number of aliphatic hydroxyl groups excluding tert-OH is 1. The van der Waals surface area contributed by atoms with Gasteiger partial charge in [0.15, 0.2) is 12.2 Å². The smallest absolute Gasteiger partial charge is 0.462 e. The minimum atomic E-state index is -4.96. The number of hydrogen-bond acceptors (Lipinski definition) is 15. The van der Waals surface area contributed by atoms with Crippen LogP contribution in [0.3, 0.4) is 0 Å². The van der Waals surface area contributed by atoms with Gasteiger partial charge in [-0.3, -0.25) is 37.3 Å². The molecular weight excluding hydrogens is 1290 g/mol. The average molecular weight is 1450 g/mol. The van der Waals surface area contributed by atoms with Gasteiger partial charge in [0.05, 0.1) is 26.4 Å². The Morgan fingerprint density at radius 3 is 0.717 bits per heavy atom. The monoisotopic (exact) mass is 1450 g/mol. The third kappa shape index (κ3) is 71.5. The van der Waals surface area contributed by atoms with Crippen LogP contribution in [0.2, 0.25) is 0 Å². The van der Waals surface area contributed by atoms with E-state index in [1.165, 1.54) is 212 Å². The Morgan fingerprint density at radius 1 is 0.283 bits per heavy atom. The largest absolute Gasteiger partial charge is 0.472 e. The van der Waals surface area contributed by atoms with E-state index < -0.39 is 97.5 Å². The van der Waals surface area contributed by atoms with E-state index in [1.807, 2.05) is 0 Å². The lowest BCUT2D eigenvalue weighted by atomic mass is 9.99. The van der Waals surface area contributed by atoms with Gasteiger partial charge < -0.3 is 33.8 Å². The van der Waals surface area contributed by atoms with E-state index in [0.717, 1.165) is 114 Å². The quantitative estimate of drug-likeness (QED) is 0.0222. The number of carbonyl (C=O) groups excluding carboxylic acids is 4. The van der Waals surface area contributed by atoms with Crippen LogP contribution in [0.5, 0.6) is 0 Å². The number of aliphatic hydroxyl groups is 1. The van der Waals surface area contributed by atoms with Crippen molar-refractivity contribution >= 4 is 39.5 Å². The van der Waals surface area contributed by atoms with Crippen molar-refractivity contribution in [3.8, 4) is 0 Å². The fourth-order valence-corrected chi connectivity index (χ4v) is 13.8. The first kappa shape index (κ1) is 97.1. The predicted molar refractivity (Wildman–Crippen MR) is 404 cm³/mol. The molecule has 5 unspecified atom stereocenters. The second-order valence-electron chi connectivity index (χ2n) is 30.2. The first-order chi connectivity index (χ1) is 47.7. The molecule has 0 radical (unpaired) electrons. The van der Waals surface area contributed by atoms with Gasteiger partial charge in [-0.15, -0.1) is 0 Å². The lowest BCUT2D eigenvalue weighted by molar-refractivity contribution is -0.161. The highest BCUT2D eigenvalue weighted by atomic mass is 31.2. The summed E-state index contributed by atoms with van der Waals surface area (Å²) < 4.78 is 68.6. The van der Waals surface area contributed by atoms with Crippen LogP contribution >= 0.6 is 15.6 Å². The number of esters is 4. The molecule has 0 saturated carbocycles. The van der Waals surface area contributed by atoms with Gasteiger partial charge in [-0.1, -0.05) is 357 Å². The number of unbranched alkanes of at least 4 members (excludes halogenated alkanes) is 41. The van der Waals surface area contributed by atoms with Crippen molar-refractivity contribution < 1.29 is 80.2 Å². The van der Waals surface area contributed by atoms with Crippen LogP contribution < -0.4 is 0 Å². The minimum Gasteiger partial charge on any atom is -0.462 e. The van der Waals surface area contributed by atoms with Crippen LogP contribution in [0.25, 0.3) is 0 Å². The first-order valence-electron chi connectivity index (χ1n) is 41.3. The fraction of sp³-hybridized carbons (Fsp3) is 0.950. The summed E-state index contributed by atoms with van der Waals surface area (Å²) in [4.78, 5) is 72.9. The van der Waals surface area contributed by atoms with Crippen LogP contribution in [0, 0.1) is 23.7 Å². The molecule has 17 nitrogen and oxygen atoms in total. The molecule has 0 aromatic carbocycles. The fourth-order valence-electron chi connectivity index (χ4n) is 12.2. The normalized spacial score (nSPS) is 14.6. The summed E-state index contributed by atoms with van der Waals surface area (Å²) in [7, 11) is -9.92. The third-order valence-electron chi connectivity index (χ3n) is 19.3. The first-order valence-corrected chi connectivity index (χ1v) is 44.3.